The van der Waals surface area contributed by atoms with Gasteiger partial charge < -0.3 is 34.4 Å². The maximum Gasteiger partial charge on any atom is 0.274 e. The molecule has 4 aliphatic rings. The summed E-state index contributed by atoms with van der Waals surface area (Å²) in [5.41, 5.74) is 5.61. The molecule has 3 aromatic rings. The molecule has 1 saturated heterocycles. The first-order valence-corrected chi connectivity index (χ1v) is 15.5. The van der Waals surface area contributed by atoms with Crippen molar-refractivity contribution in [3.63, 3.8) is 0 Å². The number of pyridine rings is 2. The molecule has 2 N–H and O–H groups in total. The lowest BCUT2D eigenvalue weighted by atomic mass is 9.96. The van der Waals surface area contributed by atoms with Gasteiger partial charge in [0.25, 0.3) is 5.56 Å². The topological polar surface area (TPSA) is 103 Å². The number of aryl methyl sites for hydroxylation is 1. The fourth-order valence-electron chi connectivity index (χ4n) is 6.89. The average molecular weight is 613 g/mol. The quantitative estimate of drug-likeness (QED) is 0.424. The highest BCUT2D eigenvalue weighted by atomic mass is 19.1. The molecular formula is C34H37FN6O4. The zero-order chi connectivity index (χ0) is 31.2. The number of hydrogen-bond acceptors (Lipinski definition) is 9. The van der Waals surface area contributed by atoms with Gasteiger partial charge in [0.1, 0.15) is 23.0 Å². The van der Waals surface area contributed by atoms with E-state index in [1.165, 1.54) is 16.7 Å². The number of carbonyl (C=O) groups excluding carboxylic acids is 1. The predicted octanol–water partition coefficient (Wildman–Crippen LogP) is 4.20. The first kappa shape index (κ1) is 29.4. The van der Waals surface area contributed by atoms with Crippen molar-refractivity contribution in [3.05, 3.63) is 93.2 Å². The fourth-order valence-corrected chi connectivity index (χ4v) is 6.89. The van der Waals surface area contributed by atoms with Gasteiger partial charge >= 0.3 is 0 Å². The molecule has 1 unspecified atom stereocenters. The molecule has 5 heterocycles. The predicted molar refractivity (Wildman–Crippen MR) is 169 cm³/mol. The number of Topliss-reactive ketones (excluding diaryl/α,β-unsaturated/α-hetero) is 1. The third kappa shape index (κ3) is 5.45. The number of aromatic nitrogens is 2. The molecule has 0 bridgehead atoms. The van der Waals surface area contributed by atoms with E-state index in [0.717, 1.165) is 55.6 Å². The minimum absolute atomic E-state index is 0.0468. The maximum absolute atomic E-state index is 15.3. The Bertz CT molecular complexity index is 1780. The van der Waals surface area contributed by atoms with Crippen LogP contribution in [0.25, 0.3) is 11.1 Å². The number of ether oxygens (including phenoxy) is 1. The molecule has 1 atom stereocenters. The number of halogens is 1. The molecule has 0 spiro atoms. The third-order valence-electron chi connectivity index (χ3n) is 9.25. The van der Waals surface area contributed by atoms with Crippen LogP contribution in [0.4, 0.5) is 21.6 Å². The van der Waals surface area contributed by atoms with Crippen molar-refractivity contribution in [3.8, 4) is 11.1 Å². The van der Waals surface area contributed by atoms with Gasteiger partial charge in [-0.15, -0.1) is 0 Å². The summed E-state index contributed by atoms with van der Waals surface area (Å²) < 4.78 is 22.6. The second-order valence-electron chi connectivity index (χ2n) is 12.2. The van der Waals surface area contributed by atoms with Crippen LogP contribution in [-0.2, 0) is 23.2 Å². The Balaban J connectivity index is 1.20. The van der Waals surface area contributed by atoms with Crippen LogP contribution in [0.2, 0.25) is 0 Å². The summed E-state index contributed by atoms with van der Waals surface area (Å²) in [5.74, 6) is 0.0523. The van der Waals surface area contributed by atoms with Gasteiger partial charge in [0, 0.05) is 85.5 Å². The van der Waals surface area contributed by atoms with Crippen molar-refractivity contribution in [1.82, 2.24) is 19.4 Å². The third-order valence-corrected chi connectivity index (χ3v) is 9.25. The highest BCUT2D eigenvalue weighted by molar-refractivity contribution is 6.11. The number of allylic oxidation sites excluding steroid dienone is 2. The summed E-state index contributed by atoms with van der Waals surface area (Å²) in [5, 5.41) is 13.7. The van der Waals surface area contributed by atoms with E-state index in [4.69, 9.17) is 4.74 Å². The Labute approximate surface area is 261 Å². The molecule has 7 rings (SSSR count). The standard InChI is InChI=1S/C34H37FN6O4/c1-38-11-12-45-31(19-38)21-7-8-32(36-16-21)37-27-13-22(17-39(2)34(27)44)25-14-23(35)15-29(26(25)20-42)40-9-10-41-28-6-4-3-5-24(28)33(43)30(41)18-40/h7-8,13-18,31,42H,3-6,9-12,19-20H2,1-2H3,(H,36,37). The van der Waals surface area contributed by atoms with Crippen LogP contribution in [0.5, 0.6) is 0 Å². The number of morpholine rings is 1. The van der Waals surface area contributed by atoms with Gasteiger partial charge in [-0.1, -0.05) is 6.07 Å². The van der Waals surface area contributed by atoms with Gasteiger partial charge in [-0.25, -0.2) is 9.37 Å². The van der Waals surface area contributed by atoms with Crippen molar-refractivity contribution >= 4 is 23.0 Å². The first-order chi connectivity index (χ1) is 21.8. The van der Waals surface area contributed by atoms with Crippen molar-refractivity contribution < 1.29 is 19.0 Å². The van der Waals surface area contributed by atoms with Gasteiger partial charge in [0.15, 0.2) is 0 Å². The fraction of sp³-hybridized carbons (Fsp3) is 0.382. The molecule has 10 nitrogen and oxygen atoms in total. The molecule has 2 aromatic heterocycles. The zero-order valence-electron chi connectivity index (χ0n) is 25.6. The van der Waals surface area contributed by atoms with Crippen LogP contribution < -0.4 is 15.8 Å². The van der Waals surface area contributed by atoms with Gasteiger partial charge in [0.05, 0.1) is 19.3 Å². The molecule has 1 aliphatic carbocycles. The lowest BCUT2D eigenvalue weighted by molar-refractivity contribution is -0.112. The second kappa shape index (κ2) is 11.9. The molecule has 0 saturated carbocycles. The van der Waals surface area contributed by atoms with Crippen LogP contribution in [0.1, 0.15) is 42.9 Å². The zero-order valence-corrected chi connectivity index (χ0v) is 25.6. The van der Waals surface area contributed by atoms with Crippen LogP contribution in [-0.4, -0.2) is 70.1 Å². The van der Waals surface area contributed by atoms with E-state index in [1.54, 1.807) is 31.7 Å². The number of likely N-dealkylation sites (N-methyl/N-ethyl adjacent to an activating group) is 1. The smallest absolute Gasteiger partial charge is 0.274 e. The number of aliphatic hydroxyl groups excluding tert-OH is 1. The maximum atomic E-state index is 15.3. The molecule has 11 heteroatoms. The van der Waals surface area contributed by atoms with Crippen LogP contribution >= 0.6 is 0 Å². The van der Waals surface area contributed by atoms with E-state index >= 15 is 4.39 Å². The summed E-state index contributed by atoms with van der Waals surface area (Å²) >= 11 is 0. The van der Waals surface area contributed by atoms with Crippen molar-refractivity contribution in [1.29, 1.82) is 0 Å². The Morgan fingerprint density at radius 2 is 1.93 bits per heavy atom. The highest BCUT2D eigenvalue weighted by Gasteiger charge is 2.38. The molecule has 45 heavy (non-hydrogen) atoms. The van der Waals surface area contributed by atoms with Crippen LogP contribution in [0.15, 0.2) is 70.7 Å². The number of benzene rings is 1. The van der Waals surface area contributed by atoms with E-state index in [0.29, 0.717) is 53.6 Å². The SMILES string of the molecule is CN1CCOC(c2ccc(Nc3cc(-c4cc(F)cc(N5C=C6C(=O)C7=C(CCCC7)N6CC5)c4CO)cn(C)c3=O)nc2)C1. The highest BCUT2D eigenvalue weighted by Crippen LogP contribution is 2.41. The van der Waals surface area contributed by atoms with Gasteiger partial charge in [-0.3, -0.25) is 9.59 Å². The lowest BCUT2D eigenvalue weighted by Crippen LogP contribution is -2.37. The molecule has 1 fully saturated rings. The van der Waals surface area contributed by atoms with E-state index in [1.807, 2.05) is 17.0 Å². The Morgan fingerprint density at radius 3 is 2.71 bits per heavy atom. The summed E-state index contributed by atoms with van der Waals surface area (Å²) in [4.78, 5) is 37.1. The summed E-state index contributed by atoms with van der Waals surface area (Å²) in [6.07, 6.45) is 8.90. The van der Waals surface area contributed by atoms with Gasteiger partial charge in [-0.05, 0) is 62.6 Å². The number of nitrogens with zero attached hydrogens (tertiary/aromatic N) is 5. The largest absolute Gasteiger partial charge is 0.392 e. The number of anilines is 3. The summed E-state index contributed by atoms with van der Waals surface area (Å²) in [7, 11) is 3.69. The number of aliphatic hydroxyl groups is 1. The van der Waals surface area contributed by atoms with Crippen LogP contribution in [0, 0.1) is 5.82 Å². The minimum atomic E-state index is -0.482. The van der Waals surface area contributed by atoms with E-state index in [9.17, 15) is 14.7 Å². The Kier molecular flexibility index (Phi) is 7.76. The number of ketones is 1. The number of hydrogen-bond donors (Lipinski definition) is 2. The van der Waals surface area contributed by atoms with Crippen molar-refractivity contribution in [2.45, 2.75) is 38.4 Å². The monoisotopic (exact) mass is 612 g/mol. The minimum Gasteiger partial charge on any atom is -0.392 e. The number of fused-ring (bicyclic) bond motifs is 2. The number of rotatable bonds is 6. The number of nitrogens with one attached hydrogen (secondary N) is 1. The average Bonchev–Trinajstić information content (AvgIpc) is 3.34. The number of carbonyl (C=O) groups is 1. The molecule has 1 aromatic carbocycles. The van der Waals surface area contributed by atoms with Crippen molar-refractivity contribution in [2.75, 3.05) is 50.1 Å². The lowest BCUT2D eigenvalue weighted by Gasteiger charge is -2.35. The normalized spacial score (nSPS) is 20.3. The first-order valence-electron chi connectivity index (χ1n) is 15.5. The molecule has 234 valence electrons. The molecule has 3 aliphatic heterocycles. The van der Waals surface area contributed by atoms with E-state index in [-0.39, 0.29) is 29.7 Å². The van der Waals surface area contributed by atoms with E-state index < -0.39 is 5.82 Å². The Morgan fingerprint density at radius 1 is 1.09 bits per heavy atom. The molecular weight excluding hydrogens is 575 g/mol. The summed E-state index contributed by atoms with van der Waals surface area (Å²) in [6, 6.07) is 8.17. The Hall–Kier alpha value is -4.32. The van der Waals surface area contributed by atoms with Gasteiger partial charge in [0.2, 0.25) is 5.78 Å². The van der Waals surface area contributed by atoms with E-state index in [2.05, 4.69) is 27.1 Å². The van der Waals surface area contributed by atoms with Gasteiger partial charge in [-0.2, -0.15) is 0 Å². The molecule has 0 amide bonds. The second-order valence-corrected chi connectivity index (χ2v) is 12.2. The van der Waals surface area contributed by atoms with Crippen LogP contribution in [0.3, 0.4) is 0 Å². The molecule has 0 radical (unpaired) electrons. The summed E-state index contributed by atoms with van der Waals surface area (Å²) in [6.45, 7) is 3.11. The van der Waals surface area contributed by atoms with Crippen molar-refractivity contribution in [2.24, 2.45) is 7.05 Å².